The molecule has 3 rings (SSSR count). The molecule has 0 unspecified atom stereocenters. The first-order chi connectivity index (χ1) is 16.3. The number of aromatic nitrogens is 1. The molecule has 0 fully saturated rings. The number of carbonyl (C=O) groups is 2. The number of aliphatic hydroxyl groups is 1. The van der Waals surface area contributed by atoms with Crippen molar-refractivity contribution in [3.8, 4) is 12.3 Å². The summed E-state index contributed by atoms with van der Waals surface area (Å²) >= 11 is 0. The number of rotatable bonds is 10. The highest BCUT2D eigenvalue weighted by atomic mass is 16.4. The molecule has 0 saturated carbocycles. The van der Waals surface area contributed by atoms with Gasteiger partial charge in [-0.25, -0.2) is 4.79 Å². The lowest BCUT2D eigenvalue weighted by molar-refractivity contribution is 0.0571. The standard InChI is InChI=1S/C25H28N4O5/c1-4-13-29(16-21(30)20(27-25(32)33)14-17-9-7-6-8-10-17)23(31)18-11-12-19-22(15-18)34-24(26-19)28(3)5-2/h1,6-12,15,20-21,27,30H,5,13-14,16H2,2-3H3,(H,32,33)/t20-,21+/m0/s1. The van der Waals surface area contributed by atoms with E-state index < -0.39 is 24.1 Å². The predicted molar refractivity (Wildman–Crippen MR) is 129 cm³/mol. The number of hydrogen-bond acceptors (Lipinski definition) is 6. The van der Waals surface area contributed by atoms with Crippen LogP contribution in [0, 0.1) is 12.3 Å². The van der Waals surface area contributed by atoms with Gasteiger partial charge in [-0.15, -0.1) is 6.42 Å². The van der Waals surface area contributed by atoms with Crippen molar-refractivity contribution in [3.05, 3.63) is 59.7 Å². The Morgan fingerprint density at radius 1 is 1.24 bits per heavy atom. The van der Waals surface area contributed by atoms with Gasteiger partial charge in [-0.05, 0) is 37.1 Å². The molecule has 34 heavy (non-hydrogen) atoms. The summed E-state index contributed by atoms with van der Waals surface area (Å²) in [6, 6.07) is 13.7. The molecule has 2 atom stereocenters. The molecule has 0 bridgehead atoms. The van der Waals surface area contributed by atoms with Crippen LogP contribution in [0.5, 0.6) is 0 Å². The van der Waals surface area contributed by atoms with Crippen LogP contribution in [0.25, 0.3) is 11.1 Å². The third-order valence-corrected chi connectivity index (χ3v) is 5.47. The summed E-state index contributed by atoms with van der Waals surface area (Å²) in [5, 5.41) is 22.4. The monoisotopic (exact) mass is 464 g/mol. The van der Waals surface area contributed by atoms with E-state index in [0.717, 1.165) is 5.56 Å². The van der Waals surface area contributed by atoms with Gasteiger partial charge < -0.3 is 29.7 Å². The van der Waals surface area contributed by atoms with E-state index >= 15 is 0 Å². The minimum Gasteiger partial charge on any atom is -0.465 e. The van der Waals surface area contributed by atoms with Crippen molar-refractivity contribution in [2.45, 2.75) is 25.5 Å². The summed E-state index contributed by atoms with van der Waals surface area (Å²) in [7, 11) is 1.85. The van der Waals surface area contributed by atoms with E-state index in [1.807, 2.05) is 49.2 Å². The third kappa shape index (κ3) is 6.05. The molecule has 0 aliphatic rings. The van der Waals surface area contributed by atoms with E-state index in [1.165, 1.54) is 4.90 Å². The first kappa shape index (κ1) is 24.6. The number of terminal acetylenes is 1. The lowest BCUT2D eigenvalue weighted by atomic mass is 10.0. The molecule has 0 aliphatic heterocycles. The molecule has 2 aromatic carbocycles. The van der Waals surface area contributed by atoms with Gasteiger partial charge in [0.2, 0.25) is 0 Å². The lowest BCUT2D eigenvalue weighted by Crippen LogP contribution is -2.50. The summed E-state index contributed by atoms with van der Waals surface area (Å²) in [6.45, 7) is 2.47. The van der Waals surface area contributed by atoms with Gasteiger partial charge in [0.15, 0.2) is 5.58 Å². The van der Waals surface area contributed by atoms with Crippen molar-refractivity contribution in [3.63, 3.8) is 0 Å². The number of aliphatic hydroxyl groups excluding tert-OH is 1. The van der Waals surface area contributed by atoms with Crippen molar-refractivity contribution in [1.29, 1.82) is 0 Å². The van der Waals surface area contributed by atoms with Crippen LogP contribution in [0.4, 0.5) is 10.8 Å². The number of hydrogen-bond donors (Lipinski definition) is 3. The maximum Gasteiger partial charge on any atom is 0.404 e. The van der Waals surface area contributed by atoms with Crippen LogP contribution in [-0.4, -0.2) is 70.9 Å². The average Bonchev–Trinajstić information content (AvgIpc) is 3.26. The van der Waals surface area contributed by atoms with Gasteiger partial charge in [0.25, 0.3) is 11.9 Å². The molecule has 0 saturated heterocycles. The Balaban J connectivity index is 1.80. The summed E-state index contributed by atoms with van der Waals surface area (Å²) in [5.41, 5.74) is 2.24. The molecule has 3 N–H and O–H groups in total. The van der Waals surface area contributed by atoms with Crippen LogP contribution < -0.4 is 10.2 Å². The quantitative estimate of drug-likeness (QED) is 0.395. The Kier molecular flexibility index (Phi) is 8.11. The van der Waals surface area contributed by atoms with Crippen LogP contribution in [0.15, 0.2) is 52.9 Å². The van der Waals surface area contributed by atoms with Gasteiger partial charge >= 0.3 is 6.09 Å². The zero-order chi connectivity index (χ0) is 24.7. The fraction of sp³-hybridized carbons (Fsp3) is 0.320. The molecule has 1 heterocycles. The minimum absolute atomic E-state index is 0.0563. The number of carbonyl (C=O) groups excluding carboxylic acids is 1. The predicted octanol–water partition coefficient (Wildman–Crippen LogP) is 2.60. The number of anilines is 1. The maximum absolute atomic E-state index is 13.2. The van der Waals surface area contributed by atoms with Crippen LogP contribution in [0.1, 0.15) is 22.8 Å². The first-order valence-electron chi connectivity index (χ1n) is 10.9. The highest BCUT2D eigenvalue weighted by Crippen LogP contribution is 2.23. The fourth-order valence-electron chi connectivity index (χ4n) is 3.52. The molecule has 3 aromatic rings. The number of nitrogens with one attached hydrogen (secondary N) is 1. The van der Waals surface area contributed by atoms with Gasteiger partial charge in [0.1, 0.15) is 5.52 Å². The van der Waals surface area contributed by atoms with Crippen LogP contribution in [0.2, 0.25) is 0 Å². The number of amides is 2. The van der Waals surface area contributed by atoms with Gasteiger partial charge in [0.05, 0.1) is 18.7 Å². The molecular weight excluding hydrogens is 436 g/mol. The smallest absolute Gasteiger partial charge is 0.404 e. The van der Waals surface area contributed by atoms with Crippen LogP contribution in [-0.2, 0) is 6.42 Å². The van der Waals surface area contributed by atoms with E-state index in [2.05, 4.69) is 16.2 Å². The second kappa shape index (κ2) is 11.2. The van der Waals surface area contributed by atoms with Crippen LogP contribution in [0.3, 0.4) is 0 Å². The minimum atomic E-state index is -1.27. The molecule has 1 aromatic heterocycles. The molecule has 0 spiro atoms. The molecular formula is C25H28N4O5. The zero-order valence-corrected chi connectivity index (χ0v) is 19.1. The lowest BCUT2D eigenvalue weighted by Gasteiger charge is -2.28. The second-order valence-electron chi connectivity index (χ2n) is 7.90. The molecule has 0 radical (unpaired) electrons. The first-order valence-corrected chi connectivity index (χ1v) is 10.9. The Morgan fingerprint density at radius 2 is 1.97 bits per heavy atom. The largest absolute Gasteiger partial charge is 0.465 e. The zero-order valence-electron chi connectivity index (χ0n) is 19.1. The Hall–Kier alpha value is -4.03. The van der Waals surface area contributed by atoms with Crippen LogP contribution >= 0.6 is 0 Å². The normalized spacial score (nSPS) is 12.5. The van der Waals surface area contributed by atoms with Gasteiger partial charge in [-0.1, -0.05) is 36.3 Å². The van der Waals surface area contributed by atoms with Crippen molar-refractivity contribution >= 4 is 29.1 Å². The molecule has 0 aliphatic carbocycles. The summed E-state index contributed by atoms with van der Waals surface area (Å²) in [5.74, 6) is 2.02. The van der Waals surface area contributed by atoms with Crippen molar-refractivity contribution < 1.29 is 24.2 Å². The fourth-order valence-corrected chi connectivity index (χ4v) is 3.52. The SMILES string of the molecule is C#CCN(C[C@@H](O)[C@H](Cc1ccccc1)NC(=O)O)C(=O)c1ccc2nc(N(C)CC)oc2c1. The Morgan fingerprint density at radius 3 is 2.62 bits per heavy atom. The second-order valence-corrected chi connectivity index (χ2v) is 7.90. The van der Waals surface area contributed by atoms with E-state index in [9.17, 15) is 19.8 Å². The molecule has 9 nitrogen and oxygen atoms in total. The van der Waals surface area contributed by atoms with Crippen molar-refractivity contribution in [1.82, 2.24) is 15.2 Å². The van der Waals surface area contributed by atoms with Gasteiger partial charge in [-0.2, -0.15) is 4.98 Å². The number of nitrogens with zero attached hydrogens (tertiary/aromatic N) is 3. The van der Waals surface area contributed by atoms with E-state index in [4.69, 9.17) is 10.8 Å². The van der Waals surface area contributed by atoms with Gasteiger partial charge in [-0.3, -0.25) is 4.79 Å². The molecule has 178 valence electrons. The van der Waals surface area contributed by atoms with E-state index in [-0.39, 0.29) is 19.5 Å². The highest BCUT2D eigenvalue weighted by molar-refractivity contribution is 5.97. The summed E-state index contributed by atoms with van der Waals surface area (Å²) in [4.78, 5) is 32.1. The Bertz CT molecular complexity index is 1170. The highest BCUT2D eigenvalue weighted by Gasteiger charge is 2.27. The molecule has 2 amide bonds. The number of oxazole rings is 1. The molecule has 9 heteroatoms. The van der Waals surface area contributed by atoms with Gasteiger partial charge in [0, 0.05) is 25.7 Å². The summed E-state index contributed by atoms with van der Waals surface area (Å²) < 4.78 is 5.76. The average molecular weight is 465 g/mol. The maximum atomic E-state index is 13.2. The van der Waals surface area contributed by atoms with Crippen molar-refractivity contribution in [2.75, 3.05) is 31.6 Å². The third-order valence-electron chi connectivity index (χ3n) is 5.47. The van der Waals surface area contributed by atoms with Crippen molar-refractivity contribution in [2.24, 2.45) is 0 Å². The number of fused-ring (bicyclic) bond motifs is 1. The van der Waals surface area contributed by atoms with E-state index in [0.29, 0.717) is 29.2 Å². The number of carboxylic acid groups (broad SMARTS) is 1. The Labute approximate surface area is 198 Å². The summed E-state index contributed by atoms with van der Waals surface area (Å²) in [6.07, 6.45) is 3.28. The van der Waals surface area contributed by atoms with E-state index in [1.54, 1.807) is 18.2 Å². The number of benzene rings is 2. The topological polar surface area (TPSA) is 119 Å².